The molecular weight excluding hydrogens is 206 g/mol. The van der Waals surface area contributed by atoms with Gasteiger partial charge in [0.1, 0.15) is 6.10 Å². The molecular formula is C11H21N3O2. The number of cyclic esters (lactones) is 1. The Labute approximate surface area is 96.5 Å². The van der Waals surface area contributed by atoms with Crippen LogP contribution in [0.25, 0.3) is 0 Å². The molecule has 0 saturated carbocycles. The fourth-order valence-electron chi connectivity index (χ4n) is 2.51. The van der Waals surface area contributed by atoms with Gasteiger partial charge in [0.25, 0.3) is 0 Å². The zero-order valence-electron chi connectivity index (χ0n) is 9.89. The summed E-state index contributed by atoms with van der Waals surface area (Å²) in [5, 5.41) is 0. The number of amides is 1. The van der Waals surface area contributed by atoms with E-state index in [0.717, 1.165) is 26.2 Å². The van der Waals surface area contributed by atoms with Crippen LogP contribution in [0.4, 0.5) is 4.79 Å². The number of likely N-dealkylation sites (tertiary alicyclic amines) is 1. The summed E-state index contributed by atoms with van der Waals surface area (Å²) in [6.45, 7) is 7.46. The molecule has 2 saturated heterocycles. The minimum Gasteiger partial charge on any atom is -0.443 e. The Bertz CT molecular complexity index is 260. The monoisotopic (exact) mass is 227 g/mol. The Hall–Kier alpha value is -0.810. The van der Waals surface area contributed by atoms with Crippen LogP contribution in [0.5, 0.6) is 0 Å². The first kappa shape index (κ1) is 11.7. The summed E-state index contributed by atoms with van der Waals surface area (Å²) in [6, 6.07) is 0. The molecule has 2 rings (SSSR count). The second kappa shape index (κ2) is 5.01. The van der Waals surface area contributed by atoms with Crippen molar-refractivity contribution in [3.8, 4) is 0 Å². The fraction of sp³-hybridized carbons (Fsp3) is 0.909. The Kier molecular flexibility index (Phi) is 3.66. The average molecular weight is 227 g/mol. The molecule has 92 valence electrons. The molecule has 2 atom stereocenters. The molecule has 16 heavy (non-hydrogen) atoms. The largest absolute Gasteiger partial charge is 0.443 e. The van der Waals surface area contributed by atoms with Crippen LogP contribution in [0.1, 0.15) is 13.3 Å². The van der Waals surface area contributed by atoms with E-state index in [0.29, 0.717) is 19.0 Å². The van der Waals surface area contributed by atoms with E-state index in [2.05, 4.69) is 11.8 Å². The summed E-state index contributed by atoms with van der Waals surface area (Å²) in [7, 11) is 0. The van der Waals surface area contributed by atoms with Gasteiger partial charge in [0.05, 0.1) is 6.54 Å². The third kappa shape index (κ3) is 2.47. The molecule has 2 heterocycles. The van der Waals surface area contributed by atoms with E-state index in [9.17, 15) is 4.79 Å². The van der Waals surface area contributed by atoms with Crippen molar-refractivity contribution >= 4 is 6.09 Å². The van der Waals surface area contributed by atoms with Crippen molar-refractivity contribution in [3.05, 3.63) is 0 Å². The molecule has 0 aromatic carbocycles. The van der Waals surface area contributed by atoms with E-state index in [4.69, 9.17) is 10.5 Å². The van der Waals surface area contributed by atoms with Crippen LogP contribution >= 0.6 is 0 Å². The first-order valence-corrected chi connectivity index (χ1v) is 6.11. The molecule has 2 aliphatic heterocycles. The zero-order chi connectivity index (χ0) is 11.5. The maximum absolute atomic E-state index is 11.5. The molecule has 0 aliphatic carbocycles. The summed E-state index contributed by atoms with van der Waals surface area (Å²) < 4.78 is 5.13. The molecule has 0 aromatic heterocycles. The molecule has 5 nitrogen and oxygen atoms in total. The van der Waals surface area contributed by atoms with Gasteiger partial charge in [-0.25, -0.2) is 4.79 Å². The number of carbonyl (C=O) groups excluding carboxylic acids is 1. The lowest BCUT2D eigenvalue weighted by Crippen LogP contribution is -2.33. The molecule has 2 aliphatic rings. The van der Waals surface area contributed by atoms with Gasteiger partial charge in [-0.15, -0.1) is 0 Å². The van der Waals surface area contributed by atoms with Crippen molar-refractivity contribution in [2.45, 2.75) is 19.4 Å². The Morgan fingerprint density at radius 1 is 1.50 bits per heavy atom. The summed E-state index contributed by atoms with van der Waals surface area (Å²) in [4.78, 5) is 15.7. The minimum atomic E-state index is -0.189. The first-order chi connectivity index (χ1) is 7.72. The molecule has 0 spiro atoms. The lowest BCUT2D eigenvalue weighted by atomic mass is 10.1. The number of hydrogen-bond donors (Lipinski definition) is 1. The molecule has 2 fully saturated rings. The van der Waals surface area contributed by atoms with Gasteiger partial charge >= 0.3 is 6.09 Å². The number of nitrogens with two attached hydrogens (primary N) is 1. The van der Waals surface area contributed by atoms with Gasteiger partial charge in [-0.1, -0.05) is 6.92 Å². The van der Waals surface area contributed by atoms with Crippen LogP contribution in [0.15, 0.2) is 0 Å². The van der Waals surface area contributed by atoms with Crippen molar-refractivity contribution in [2.75, 3.05) is 39.3 Å². The summed E-state index contributed by atoms with van der Waals surface area (Å²) in [6.07, 6.45) is 0.895. The summed E-state index contributed by atoms with van der Waals surface area (Å²) in [5.41, 5.74) is 5.50. The lowest BCUT2D eigenvalue weighted by Gasteiger charge is -2.18. The third-order valence-corrected chi connectivity index (χ3v) is 3.51. The Balaban J connectivity index is 1.80. The van der Waals surface area contributed by atoms with Gasteiger partial charge in [-0.3, -0.25) is 0 Å². The Morgan fingerprint density at radius 3 is 2.88 bits per heavy atom. The molecule has 2 N–H and O–H groups in total. The SMILES string of the molecule is CCN1CCC(CN2C[C@H](CN)OC2=O)C1. The first-order valence-electron chi connectivity index (χ1n) is 6.11. The highest BCUT2D eigenvalue weighted by Gasteiger charge is 2.33. The van der Waals surface area contributed by atoms with E-state index in [1.54, 1.807) is 4.90 Å². The van der Waals surface area contributed by atoms with E-state index in [1.165, 1.54) is 6.42 Å². The highest BCUT2D eigenvalue weighted by molar-refractivity contribution is 5.69. The van der Waals surface area contributed by atoms with Crippen molar-refractivity contribution in [3.63, 3.8) is 0 Å². The molecule has 0 radical (unpaired) electrons. The topological polar surface area (TPSA) is 58.8 Å². The van der Waals surface area contributed by atoms with Crippen LogP contribution in [0.3, 0.4) is 0 Å². The number of ether oxygens (including phenoxy) is 1. The van der Waals surface area contributed by atoms with E-state index >= 15 is 0 Å². The molecule has 1 unspecified atom stereocenters. The predicted octanol–water partition coefficient (Wildman–Crippen LogP) is 0.108. The van der Waals surface area contributed by atoms with Gasteiger partial charge in [0.15, 0.2) is 0 Å². The van der Waals surface area contributed by atoms with Crippen molar-refractivity contribution in [1.29, 1.82) is 0 Å². The molecule has 0 aromatic rings. The zero-order valence-corrected chi connectivity index (χ0v) is 9.89. The van der Waals surface area contributed by atoms with Gasteiger partial charge in [-0.05, 0) is 25.4 Å². The van der Waals surface area contributed by atoms with Crippen molar-refractivity contribution < 1.29 is 9.53 Å². The second-order valence-corrected chi connectivity index (χ2v) is 4.69. The van der Waals surface area contributed by atoms with Crippen molar-refractivity contribution in [2.24, 2.45) is 11.7 Å². The highest BCUT2D eigenvalue weighted by Crippen LogP contribution is 2.20. The van der Waals surface area contributed by atoms with Crippen LogP contribution in [-0.2, 0) is 4.74 Å². The molecule has 5 heteroatoms. The quantitative estimate of drug-likeness (QED) is 0.740. The van der Waals surface area contributed by atoms with Gasteiger partial charge in [0.2, 0.25) is 0 Å². The van der Waals surface area contributed by atoms with Crippen molar-refractivity contribution in [1.82, 2.24) is 9.80 Å². The van der Waals surface area contributed by atoms with Gasteiger partial charge in [-0.2, -0.15) is 0 Å². The normalized spacial score (nSPS) is 31.1. The van der Waals surface area contributed by atoms with E-state index < -0.39 is 0 Å². The van der Waals surface area contributed by atoms with Crippen LogP contribution in [0.2, 0.25) is 0 Å². The number of carbonyl (C=O) groups is 1. The maximum atomic E-state index is 11.5. The predicted molar refractivity (Wildman–Crippen MR) is 61.1 cm³/mol. The van der Waals surface area contributed by atoms with Gasteiger partial charge < -0.3 is 20.3 Å². The highest BCUT2D eigenvalue weighted by atomic mass is 16.6. The van der Waals surface area contributed by atoms with Gasteiger partial charge in [0, 0.05) is 19.6 Å². The minimum absolute atomic E-state index is 0.101. The van der Waals surface area contributed by atoms with Crippen LogP contribution in [-0.4, -0.2) is 61.3 Å². The fourth-order valence-corrected chi connectivity index (χ4v) is 2.51. The molecule has 0 bridgehead atoms. The van der Waals surface area contributed by atoms with E-state index in [1.807, 2.05) is 0 Å². The lowest BCUT2D eigenvalue weighted by molar-refractivity contribution is 0.133. The Morgan fingerprint density at radius 2 is 2.31 bits per heavy atom. The standard InChI is InChI=1S/C11H21N3O2/c1-2-13-4-3-9(6-13)7-14-8-10(5-12)16-11(14)15/h9-10H,2-8,12H2,1H3/t9?,10-/m0/s1. The molecule has 1 amide bonds. The second-order valence-electron chi connectivity index (χ2n) is 4.69. The number of nitrogens with zero attached hydrogens (tertiary/aromatic N) is 2. The van der Waals surface area contributed by atoms with E-state index in [-0.39, 0.29) is 12.2 Å². The maximum Gasteiger partial charge on any atom is 0.410 e. The smallest absolute Gasteiger partial charge is 0.410 e. The number of hydrogen-bond acceptors (Lipinski definition) is 4. The average Bonchev–Trinajstić information content (AvgIpc) is 2.87. The number of rotatable bonds is 4. The summed E-state index contributed by atoms with van der Waals surface area (Å²) >= 11 is 0. The van der Waals surface area contributed by atoms with Crippen LogP contribution < -0.4 is 5.73 Å². The summed E-state index contributed by atoms with van der Waals surface area (Å²) in [5.74, 6) is 0.601. The third-order valence-electron chi connectivity index (χ3n) is 3.51. The van der Waals surface area contributed by atoms with Crippen LogP contribution in [0, 0.1) is 5.92 Å².